The number of hydrogen-bond acceptors (Lipinski definition) is 6. The Hall–Kier alpha value is -2.45. The van der Waals surface area contributed by atoms with Gasteiger partial charge in [-0.1, -0.05) is 12.1 Å². The van der Waals surface area contributed by atoms with Crippen LogP contribution in [-0.4, -0.2) is 41.9 Å². The Morgan fingerprint density at radius 2 is 2.00 bits per heavy atom. The maximum Gasteiger partial charge on any atom is 0.252 e. The van der Waals surface area contributed by atoms with Gasteiger partial charge >= 0.3 is 0 Å². The van der Waals surface area contributed by atoms with Gasteiger partial charge in [-0.2, -0.15) is 0 Å². The lowest BCUT2D eigenvalue weighted by atomic mass is 10.0. The molecule has 3 rings (SSSR count). The van der Waals surface area contributed by atoms with Crippen LogP contribution in [0.2, 0.25) is 0 Å². The largest absolute Gasteiger partial charge is 0.497 e. The first kappa shape index (κ1) is 19.3. The van der Waals surface area contributed by atoms with Crippen molar-refractivity contribution in [2.45, 2.75) is 32.2 Å². The summed E-state index contributed by atoms with van der Waals surface area (Å²) in [7, 11) is 1.64. The Balaban J connectivity index is 1.48. The molecule has 0 radical (unpaired) electrons. The maximum absolute atomic E-state index is 12.2. The van der Waals surface area contributed by atoms with Gasteiger partial charge in [0.05, 0.1) is 20.1 Å². The summed E-state index contributed by atoms with van der Waals surface area (Å²) in [4.78, 5) is 30.5. The Morgan fingerprint density at radius 3 is 2.67 bits per heavy atom. The fourth-order valence-corrected chi connectivity index (χ4v) is 4.02. The molecule has 1 aliphatic rings. The molecule has 1 saturated heterocycles. The predicted octanol–water partition coefficient (Wildman–Crippen LogP) is 1.99. The summed E-state index contributed by atoms with van der Waals surface area (Å²) in [6.07, 6.45) is 2.21. The number of nitrogens with zero attached hydrogens (tertiary/aromatic N) is 2. The molecule has 1 aliphatic heterocycles. The molecule has 2 amide bonds. The topological polar surface area (TPSA) is 83.6 Å². The molecule has 2 heterocycles. The number of hydrazine groups is 1. The van der Waals surface area contributed by atoms with E-state index in [9.17, 15) is 9.59 Å². The summed E-state index contributed by atoms with van der Waals surface area (Å²) in [5.74, 6) is 0.323. The van der Waals surface area contributed by atoms with Crippen LogP contribution in [0.1, 0.15) is 35.1 Å². The molecular weight excluding hydrogens is 364 g/mol. The second-order valence-corrected chi connectivity index (χ2v) is 7.50. The molecule has 8 heteroatoms. The van der Waals surface area contributed by atoms with Crippen LogP contribution in [0, 0.1) is 6.92 Å². The summed E-state index contributed by atoms with van der Waals surface area (Å²) in [5.41, 5.74) is 7.04. The molecule has 144 valence electrons. The number of ether oxygens (including phenoxy) is 1. The maximum atomic E-state index is 12.2. The van der Waals surface area contributed by atoms with Gasteiger partial charge in [-0.15, -0.1) is 11.3 Å². The molecule has 0 spiro atoms. The molecule has 2 aromatic rings. The van der Waals surface area contributed by atoms with Crippen molar-refractivity contribution in [1.82, 2.24) is 20.7 Å². The van der Waals surface area contributed by atoms with Gasteiger partial charge in [0.2, 0.25) is 5.91 Å². The normalized spacial score (nSPS) is 16.9. The van der Waals surface area contributed by atoms with Crippen molar-refractivity contribution in [3.05, 3.63) is 45.9 Å². The Bertz CT molecular complexity index is 791. The first-order chi connectivity index (χ1) is 13.0. The summed E-state index contributed by atoms with van der Waals surface area (Å²) in [5, 5.41) is 2.63. The zero-order chi connectivity index (χ0) is 19.2. The van der Waals surface area contributed by atoms with Crippen LogP contribution < -0.4 is 15.6 Å². The van der Waals surface area contributed by atoms with Crippen LogP contribution in [0.5, 0.6) is 5.75 Å². The number of benzene rings is 1. The molecule has 7 nitrogen and oxygen atoms in total. The zero-order valence-corrected chi connectivity index (χ0v) is 16.3. The number of likely N-dealkylation sites (tertiary alicyclic amines) is 1. The summed E-state index contributed by atoms with van der Waals surface area (Å²) < 4.78 is 5.20. The molecule has 1 aromatic carbocycles. The van der Waals surface area contributed by atoms with E-state index in [1.807, 2.05) is 36.6 Å². The number of aromatic nitrogens is 1. The molecule has 1 aromatic heterocycles. The van der Waals surface area contributed by atoms with Crippen molar-refractivity contribution >= 4 is 23.2 Å². The monoisotopic (exact) mass is 388 g/mol. The molecule has 1 unspecified atom stereocenters. The van der Waals surface area contributed by atoms with Gasteiger partial charge in [-0.3, -0.25) is 25.3 Å². The standard InChI is InChI=1S/C19H24N4O3S/c1-13-12-27-19(20-13)10-17(24)21-22-18(25)11-23-9-3-4-16(23)14-5-7-15(26-2)8-6-14/h5-8,12,16H,3-4,9-11H2,1-2H3,(H,21,24)(H,22,25). The van der Waals surface area contributed by atoms with Crippen molar-refractivity contribution in [2.75, 3.05) is 20.2 Å². The molecule has 1 fully saturated rings. The number of rotatable bonds is 6. The molecule has 1 atom stereocenters. The number of amides is 2. The van der Waals surface area contributed by atoms with Crippen LogP contribution in [0.3, 0.4) is 0 Å². The highest BCUT2D eigenvalue weighted by Crippen LogP contribution is 2.32. The number of carbonyl (C=O) groups excluding carboxylic acids is 2. The van der Waals surface area contributed by atoms with Gasteiger partial charge in [0, 0.05) is 17.1 Å². The Labute approximate surface area is 162 Å². The fourth-order valence-electron chi connectivity index (χ4n) is 3.25. The molecule has 2 N–H and O–H groups in total. The Morgan fingerprint density at radius 1 is 1.26 bits per heavy atom. The summed E-state index contributed by atoms with van der Waals surface area (Å²) in [6.45, 7) is 2.98. The second-order valence-electron chi connectivity index (χ2n) is 6.56. The molecule has 0 aliphatic carbocycles. The third kappa shape index (κ3) is 5.27. The highest BCUT2D eigenvalue weighted by atomic mass is 32.1. The van der Waals surface area contributed by atoms with E-state index in [4.69, 9.17) is 4.74 Å². The molecule has 0 bridgehead atoms. The van der Waals surface area contributed by atoms with Gasteiger partial charge in [0.15, 0.2) is 0 Å². The number of methoxy groups -OCH3 is 1. The van der Waals surface area contributed by atoms with Crippen molar-refractivity contribution in [1.29, 1.82) is 0 Å². The van der Waals surface area contributed by atoms with E-state index in [-0.39, 0.29) is 30.8 Å². The minimum atomic E-state index is -0.272. The van der Waals surface area contributed by atoms with Gasteiger partial charge < -0.3 is 4.74 Å². The molecular formula is C19H24N4O3S. The average Bonchev–Trinajstić information content (AvgIpc) is 3.29. The number of nitrogens with one attached hydrogen (secondary N) is 2. The highest BCUT2D eigenvalue weighted by molar-refractivity contribution is 7.09. The highest BCUT2D eigenvalue weighted by Gasteiger charge is 2.27. The number of carbonyl (C=O) groups is 2. The van der Waals surface area contributed by atoms with E-state index >= 15 is 0 Å². The number of thiazole rings is 1. The van der Waals surface area contributed by atoms with Crippen molar-refractivity contribution in [3.8, 4) is 5.75 Å². The fraction of sp³-hybridized carbons (Fsp3) is 0.421. The van der Waals surface area contributed by atoms with Crippen LogP contribution in [0.25, 0.3) is 0 Å². The second kappa shape index (κ2) is 8.96. The lowest BCUT2D eigenvalue weighted by Gasteiger charge is -2.24. The van der Waals surface area contributed by atoms with Crippen LogP contribution in [0.15, 0.2) is 29.6 Å². The van der Waals surface area contributed by atoms with Crippen molar-refractivity contribution < 1.29 is 14.3 Å². The molecule has 27 heavy (non-hydrogen) atoms. The smallest absolute Gasteiger partial charge is 0.252 e. The van der Waals surface area contributed by atoms with E-state index in [1.54, 1.807) is 7.11 Å². The molecule has 0 saturated carbocycles. The minimum Gasteiger partial charge on any atom is -0.497 e. The van der Waals surface area contributed by atoms with Crippen LogP contribution in [0.4, 0.5) is 0 Å². The quantitative estimate of drug-likeness (QED) is 0.740. The van der Waals surface area contributed by atoms with E-state index < -0.39 is 0 Å². The average molecular weight is 388 g/mol. The van der Waals surface area contributed by atoms with Gasteiger partial charge in [0.25, 0.3) is 5.91 Å². The minimum absolute atomic E-state index is 0.164. The SMILES string of the molecule is COc1ccc(C2CCCN2CC(=O)NNC(=O)Cc2nc(C)cs2)cc1. The van der Waals surface area contributed by atoms with Crippen molar-refractivity contribution in [3.63, 3.8) is 0 Å². The zero-order valence-electron chi connectivity index (χ0n) is 15.5. The van der Waals surface area contributed by atoms with Crippen LogP contribution >= 0.6 is 11.3 Å². The van der Waals surface area contributed by atoms with E-state index in [2.05, 4.69) is 20.7 Å². The first-order valence-electron chi connectivity index (χ1n) is 8.92. The third-order valence-electron chi connectivity index (χ3n) is 4.53. The number of aryl methyl sites for hydroxylation is 1. The van der Waals surface area contributed by atoms with Gasteiger partial charge in [0.1, 0.15) is 10.8 Å². The number of hydrogen-bond donors (Lipinski definition) is 2. The van der Waals surface area contributed by atoms with Gasteiger partial charge in [-0.25, -0.2) is 4.98 Å². The van der Waals surface area contributed by atoms with E-state index in [0.29, 0.717) is 0 Å². The van der Waals surface area contributed by atoms with Crippen molar-refractivity contribution in [2.24, 2.45) is 0 Å². The summed E-state index contributed by atoms with van der Waals surface area (Å²) in [6, 6.07) is 8.16. The lowest BCUT2D eigenvalue weighted by molar-refractivity contribution is -0.129. The Kier molecular flexibility index (Phi) is 6.41. The van der Waals surface area contributed by atoms with E-state index in [1.165, 1.54) is 16.9 Å². The first-order valence-corrected chi connectivity index (χ1v) is 9.80. The van der Waals surface area contributed by atoms with E-state index in [0.717, 1.165) is 35.8 Å². The third-order valence-corrected chi connectivity index (χ3v) is 5.50. The summed E-state index contributed by atoms with van der Waals surface area (Å²) >= 11 is 1.44. The predicted molar refractivity (Wildman–Crippen MR) is 103 cm³/mol. The van der Waals surface area contributed by atoms with Crippen LogP contribution in [-0.2, 0) is 16.0 Å². The lowest BCUT2D eigenvalue weighted by Crippen LogP contribution is -2.46. The van der Waals surface area contributed by atoms with Gasteiger partial charge in [-0.05, 0) is 44.0 Å².